The Labute approximate surface area is 313 Å². The number of aliphatic hydroxyl groups is 1. The number of rotatable bonds is 13. The molecular weight excluding hydrogens is 691 g/mol. The summed E-state index contributed by atoms with van der Waals surface area (Å²) in [5.74, 6) is 0.00395. The molecule has 3 N–H and O–H groups in total. The van der Waals surface area contributed by atoms with Crippen LogP contribution in [0.25, 0.3) is 11.1 Å². The number of amides is 2. The molecule has 0 bridgehead atoms. The van der Waals surface area contributed by atoms with Crippen LogP contribution in [0.1, 0.15) is 47.1 Å². The predicted molar refractivity (Wildman–Crippen MR) is 202 cm³/mol. The number of aromatic nitrogens is 1. The van der Waals surface area contributed by atoms with E-state index in [1.807, 2.05) is 109 Å². The Morgan fingerprint density at radius 3 is 2.28 bits per heavy atom. The van der Waals surface area contributed by atoms with Gasteiger partial charge in [0.2, 0.25) is 0 Å². The van der Waals surface area contributed by atoms with Gasteiger partial charge in [-0.3, -0.25) is 0 Å². The van der Waals surface area contributed by atoms with Crippen LogP contribution in [0.2, 0.25) is 0 Å². The van der Waals surface area contributed by atoms with E-state index in [9.17, 15) is 19.9 Å². The summed E-state index contributed by atoms with van der Waals surface area (Å²) >= 11 is 1.45. The minimum atomic E-state index is -0.837. The Hall–Kier alpha value is -5.20. The highest BCUT2D eigenvalue weighted by Crippen LogP contribution is 2.43. The van der Waals surface area contributed by atoms with Crippen LogP contribution in [0.5, 0.6) is 0 Å². The van der Waals surface area contributed by atoms with Crippen LogP contribution in [0.3, 0.4) is 0 Å². The lowest BCUT2D eigenvalue weighted by atomic mass is 9.91. The molecule has 1 aromatic heterocycles. The van der Waals surface area contributed by atoms with Crippen molar-refractivity contribution in [1.82, 2.24) is 10.6 Å². The molecule has 10 nitrogen and oxygen atoms in total. The first-order valence-electron chi connectivity index (χ1n) is 17.5. The number of thioether (sulfide) groups is 1. The van der Waals surface area contributed by atoms with Gasteiger partial charge >= 0.3 is 12.0 Å². The summed E-state index contributed by atoms with van der Waals surface area (Å²) in [5.41, 5.74) is 6.33. The van der Waals surface area contributed by atoms with E-state index in [4.69, 9.17) is 14.2 Å². The molecule has 0 aliphatic carbocycles. The number of pyridine rings is 1. The number of aliphatic hydroxyl groups excluding tert-OH is 1. The molecule has 53 heavy (non-hydrogen) atoms. The Balaban J connectivity index is 1.16. The molecular formula is C42H43N3O7S. The maximum absolute atomic E-state index is 13.0. The molecule has 5 unspecified atom stereocenters. The Morgan fingerprint density at radius 1 is 0.868 bits per heavy atom. The average Bonchev–Trinajstić information content (AvgIpc) is 3.20. The smallest absolute Gasteiger partial charge is 0.328 e. The SMILES string of the molecule is COC(=O)C(Cc1ccccc1)NC(=O)NCc1ccccc1-c1ccc(C2OC(CSc3cccc[n+]3[O-])C(C)C(c3ccc(CO)cc3)O2)cc1. The molecule has 0 spiro atoms. The largest absolute Gasteiger partial charge is 0.618 e. The molecule has 11 heteroatoms. The summed E-state index contributed by atoms with van der Waals surface area (Å²) in [6.07, 6.45) is 0.615. The zero-order chi connectivity index (χ0) is 37.2. The van der Waals surface area contributed by atoms with Crippen LogP contribution in [0.4, 0.5) is 4.79 Å². The molecule has 5 atom stereocenters. The van der Waals surface area contributed by atoms with Crippen molar-refractivity contribution in [3.05, 3.63) is 161 Å². The minimum Gasteiger partial charge on any atom is -0.618 e. The van der Waals surface area contributed by atoms with Crippen LogP contribution in [0, 0.1) is 11.1 Å². The second-order valence-corrected chi connectivity index (χ2v) is 13.9. The molecule has 0 saturated carbocycles. The standard InChI is InChI=1S/C42H43N3O7S/c1-28-37(27-53-38-14-8-9-23-45(38)49)51-41(52-39(28)32-17-15-30(26-46)16-18-32)33-21-19-31(20-22-33)35-13-7-6-12-34(35)25-43-42(48)44-36(40(47)50-2)24-29-10-4-3-5-11-29/h3-23,28,36-37,39,41,46H,24-27H2,1-2H3,(H2,43,44,48). The fourth-order valence-corrected chi connectivity index (χ4v) is 7.43. The lowest BCUT2D eigenvalue weighted by molar-refractivity contribution is -0.645. The van der Waals surface area contributed by atoms with Crippen molar-refractivity contribution < 1.29 is 33.6 Å². The number of esters is 1. The first-order valence-corrected chi connectivity index (χ1v) is 18.5. The van der Waals surface area contributed by atoms with Gasteiger partial charge in [-0.25, -0.2) is 9.59 Å². The van der Waals surface area contributed by atoms with E-state index in [2.05, 4.69) is 17.6 Å². The summed E-state index contributed by atoms with van der Waals surface area (Å²) in [5, 5.41) is 28.2. The zero-order valence-electron chi connectivity index (χ0n) is 29.6. The maximum Gasteiger partial charge on any atom is 0.328 e. The number of urea groups is 1. The van der Waals surface area contributed by atoms with Gasteiger partial charge in [-0.2, -0.15) is 4.73 Å². The Morgan fingerprint density at radius 2 is 1.57 bits per heavy atom. The van der Waals surface area contributed by atoms with Gasteiger partial charge < -0.3 is 35.2 Å². The molecule has 5 aromatic rings. The Kier molecular flexibility index (Phi) is 12.8. The molecule has 274 valence electrons. The highest BCUT2D eigenvalue weighted by atomic mass is 32.2. The molecule has 2 amide bonds. The third-order valence-electron chi connectivity index (χ3n) is 9.33. The third kappa shape index (κ3) is 9.62. The van der Waals surface area contributed by atoms with Crippen molar-refractivity contribution in [3.63, 3.8) is 0 Å². The van der Waals surface area contributed by atoms with E-state index in [1.54, 1.807) is 12.1 Å². The number of nitrogens with one attached hydrogen (secondary N) is 2. The molecule has 1 aliphatic heterocycles. The normalized spacial score (nSPS) is 18.8. The lowest BCUT2D eigenvalue weighted by Gasteiger charge is -2.41. The minimum absolute atomic E-state index is 0.0281. The van der Waals surface area contributed by atoms with E-state index in [0.29, 0.717) is 17.2 Å². The summed E-state index contributed by atoms with van der Waals surface area (Å²) in [6.45, 7) is 2.29. The monoisotopic (exact) mass is 733 g/mol. The van der Waals surface area contributed by atoms with Crippen molar-refractivity contribution in [2.75, 3.05) is 12.9 Å². The highest BCUT2D eigenvalue weighted by Gasteiger charge is 2.38. The number of hydrogen-bond donors (Lipinski definition) is 3. The molecule has 4 aromatic carbocycles. The van der Waals surface area contributed by atoms with Gasteiger partial charge in [-0.1, -0.05) is 122 Å². The lowest BCUT2D eigenvalue weighted by Crippen LogP contribution is -2.47. The first kappa shape index (κ1) is 37.6. The van der Waals surface area contributed by atoms with Crippen molar-refractivity contribution >= 4 is 23.8 Å². The van der Waals surface area contributed by atoms with Gasteiger partial charge in [0.15, 0.2) is 12.5 Å². The van der Waals surface area contributed by atoms with Gasteiger partial charge in [-0.05, 0) is 39.4 Å². The predicted octanol–water partition coefficient (Wildman–Crippen LogP) is 6.65. The molecule has 1 fully saturated rings. The average molecular weight is 734 g/mol. The van der Waals surface area contributed by atoms with Crippen molar-refractivity contribution in [1.29, 1.82) is 0 Å². The van der Waals surface area contributed by atoms with E-state index >= 15 is 0 Å². The summed E-state index contributed by atoms with van der Waals surface area (Å²) in [7, 11) is 1.30. The van der Waals surface area contributed by atoms with Gasteiger partial charge in [0.1, 0.15) is 6.04 Å². The van der Waals surface area contributed by atoms with Crippen molar-refractivity contribution in [2.45, 2.75) is 56.1 Å². The van der Waals surface area contributed by atoms with Crippen LogP contribution in [0.15, 0.2) is 133 Å². The topological polar surface area (TPSA) is 133 Å². The van der Waals surface area contributed by atoms with Gasteiger partial charge in [-0.15, -0.1) is 0 Å². The molecule has 6 rings (SSSR count). The molecule has 1 aliphatic rings. The first-order chi connectivity index (χ1) is 25.8. The molecule has 0 radical (unpaired) electrons. The van der Waals surface area contributed by atoms with Crippen LogP contribution >= 0.6 is 11.8 Å². The maximum atomic E-state index is 13.0. The number of benzene rings is 4. The number of nitrogens with zero attached hydrogens (tertiary/aromatic N) is 1. The van der Waals surface area contributed by atoms with Gasteiger partial charge in [0, 0.05) is 42.3 Å². The van der Waals surface area contributed by atoms with Gasteiger partial charge in [0.25, 0.3) is 5.03 Å². The second kappa shape index (κ2) is 18.0. The van der Waals surface area contributed by atoms with Crippen LogP contribution in [-0.4, -0.2) is 42.1 Å². The summed E-state index contributed by atoms with van der Waals surface area (Å²) in [4.78, 5) is 25.4. The quantitative estimate of drug-likeness (QED) is 0.0531. The fourth-order valence-electron chi connectivity index (χ4n) is 6.35. The van der Waals surface area contributed by atoms with E-state index in [-0.39, 0.29) is 31.3 Å². The number of carbonyl (C=O) groups is 2. The number of methoxy groups -OCH3 is 1. The van der Waals surface area contributed by atoms with Crippen LogP contribution in [-0.2, 0) is 38.6 Å². The van der Waals surface area contributed by atoms with Crippen molar-refractivity contribution in [2.24, 2.45) is 5.92 Å². The van der Waals surface area contributed by atoms with Crippen LogP contribution < -0.4 is 15.4 Å². The summed E-state index contributed by atoms with van der Waals surface area (Å²) in [6, 6.07) is 37.0. The number of carbonyl (C=O) groups excluding carboxylic acids is 2. The van der Waals surface area contributed by atoms with E-state index < -0.39 is 24.3 Å². The highest BCUT2D eigenvalue weighted by molar-refractivity contribution is 7.99. The molecule has 2 heterocycles. The number of hydrogen-bond acceptors (Lipinski definition) is 8. The molecule has 1 saturated heterocycles. The Bertz CT molecular complexity index is 1960. The number of ether oxygens (including phenoxy) is 3. The van der Waals surface area contributed by atoms with Crippen molar-refractivity contribution in [3.8, 4) is 11.1 Å². The fraction of sp³-hybridized carbons (Fsp3) is 0.262. The van der Waals surface area contributed by atoms with E-state index in [0.717, 1.165) is 43.7 Å². The zero-order valence-corrected chi connectivity index (χ0v) is 30.4. The second-order valence-electron chi connectivity index (χ2n) is 12.9. The van der Waals surface area contributed by atoms with Gasteiger partial charge in [0.05, 0.1) is 25.9 Å². The summed E-state index contributed by atoms with van der Waals surface area (Å²) < 4.78 is 19.0. The third-order valence-corrected chi connectivity index (χ3v) is 10.4. The van der Waals surface area contributed by atoms with E-state index in [1.165, 1.54) is 25.1 Å².